The zero-order valence-corrected chi connectivity index (χ0v) is 26.5. The molecule has 3 fully saturated rings. The first-order valence-electron chi connectivity index (χ1n) is 16.1. The summed E-state index contributed by atoms with van der Waals surface area (Å²) < 4.78 is 0. The maximum absolute atomic E-state index is 14.1. The van der Waals surface area contributed by atoms with Gasteiger partial charge in [0.1, 0.15) is 12.1 Å². The molecule has 3 aliphatic rings. The largest absolute Gasteiger partial charge is 0.396 e. The molecule has 0 aromatic carbocycles. The van der Waals surface area contributed by atoms with E-state index >= 15 is 0 Å². The van der Waals surface area contributed by atoms with Crippen LogP contribution >= 0.6 is 0 Å². The lowest BCUT2D eigenvalue weighted by Crippen LogP contribution is -2.62. The fraction of sp³-hybridized carbons (Fsp3) is 0.781. The van der Waals surface area contributed by atoms with Crippen molar-refractivity contribution in [3.05, 3.63) is 12.7 Å². The number of carbonyl (C=O) groups is 5. The lowest BCUT2D eigenvalue weighted by Gasteiger charge is -2.40. The van der Waals surface area contributed by atoms with Crippen LogP contribution in [0.3, 0.4) is 0 Å². The van der Waals surface area contributed by atoms with Gasteiger partial charge in [0.15, 0.2) is 0 Å². The lowest BCUT2D eigenvalue weighted by atomic mass is 9.79. The second kappa shape index (κ2) is 15.2. The molecule has 0 bridgehead atoms. The fourth-order valence-corrected chi connectivity index (χ4v) is 6.22. The average molecular weight is 604 g/mol. The molecular formula is C32H53N5O6. The predicted octanol–water partition coefficient (Wildman–Crippen LogP) is 2.71. The maximum atomic E-state index is 14.1. The van der Waals surface area contributed by atoms with Crippen molar-refractivity contribution in [3.63, 3.8) is 0 Å². The van der Waals surface area contributed by atoms with Gasteiger partial charge in [-0.2, -0.15) is 0 Å². The van der Waals surface area contributed by atoms with Crippen molar-refractivity contribution < 1.29 is 29.1 Å². The fourth-order valence-electron chi connectivity index (χ4n) is 6.22. The third kappa shape index (κ3) is 9.52. The van der Waals surface area contributed by atoms with Gasteiger partial charge in [0, 0.05) is 24.7 Å². The Labute approximate surface area is 256 Å². The van der Waals surface area contributed by atoms with Crippen molar-refractivity contribution in [2.45, 2.75) is 134 Å². The highest BCUT2D eigenvalue weighted by molar-refractivity contribution is 6.38. The van der Waals surface area contributed by atoms with Crippen LogP contribution in [0.2, 0.25) is 0 Å². The number of aliphatic hydroxyl groups excluding tert-OH is 1. The summed E-state index contributed by atoms with van der Waals surface area (Å²) in [5, 5.41) is 21.1. The molecule has 1 heterocycles. The Bertz CT molecular complexity index is 1020. The second-order valence-electron chi connectivity index (χ2n) is 13.8. The highest BCUT2D eigenvalue weighted by Crippen LogP contribution is 2.32. The van der Waals surface area contributed by atoms with E-state index in [2.05, 4.69) is 27.8 Å². The molecule has 1 saturated heterocycles. The van der Waals surface area contributed by atoms with E-state index in [4.69, 9.17) is 0 Å². The Hall–Kier alpha value is -2.95. The summed E-state index contributed by atoms with van der Waals surface area (Å²) in [6.45, 7) is 11.6. The molecule has 11 nitrogen and oxygen atoms in total. The number of carbonyl (C=O) groups excluding carboxylic acids is 5. The van der Waals surface area contributed by atoms with Gasteiger partial charge in [-0.25, -0.2) is 4.79 Å². The van der Waals surface area contributed by atoms with E-state index < -0.39 is 58.6 Å². The Balaban J connectivity index is 1.77. The number of nitrogens with one attached hydrogen (secondary N) is 4. The molecule has 0 aromatic rings. The van der Waals surface area contributed by atoms with Crippen LogP contribution in [-0.2, 0) is 19.2 Å². The molecule has 0 radical (unpaired) electrons. The maximum Gasteiger partial charge on any atom is 0.315 e. The van der Waals surface area contributed by atoms with Crippen LogP contribution in [-0.4, -0.2) is 82.4 Å². The second-order valence-corrected chi connectivity index (χ2v) is 13.8. The van der Waals surface area contributed by atoms with Gasteiger partial charge >= 0.3 is 6.03 Å². The average Bonchev–Trinajstić information content (AvgIpc) is 3.66. The number of hydrogen-bond donors (Lipinski definition) is 5. The van der Waals surface area contributed by atoms with E-state index in [1.165, 1.54) is 4.90 Å². The number of amides is 5. The summed E-state index contributed by atoms with van der Waals surface area (Å²) in [7, 11) is 0. The molecular weight excluding hydrogens is 550 g/mol. The van der Waals surface area contributed by atoms with Crippen LogP contribution in [0.4, 0.5) is 4.79 Å². The van der Waals surface area contributed by atoms with Crippen molar-refractivity contribution in [2.24, 2.45) is 11.3 Å². The summed E-state index contributed by atoms with van der Waals surface area (Å²) in [5.41, 5.74) is -1.20. The Morgan fingerprint density at radius 3 is 2.30 bits per heavy atom. The van der Waals surface area contributed by atoms with Gasteiger partial charge < -0.3 is 31.3 Å². The Kier molecular flexibility index (Phi) is 12.2. The smallest absolute Gasteiger partial charge is 0.315 e. The summed E-state index contributed by atoms with van der Waals surface area (Å²) in [4.78, 5) is 68.1. The van der Waals surface area contributed by atoms with Crippen LogP contribution in [0, 0.1) is 11.3 Å². The van der Waals surface area contributed by atoms with E-state index in [0.717, 1.165) is 51.4 Å². The molecule has 0 unspecified atom stereocenters. The number of ketones is 1. The van der Waals surface area contributed by atoms with Gasteiger partial charge in [-0.05, 0) is 56.3 Å². The molecule has 5 amide bonds. The molecule has 5 N–H and O–H groups in total. The van der Waals surface area contributed by atoms with Gasteiger partial charge in [-0.1, -0.05) is 65.9 Å². The summed E-state index contributed by atoms with van der Waals surface area (Å²) in [6, 6.07) is -3.26. The number of Topliss-reactive ketones (excluding diaryl/α,β-unsaturated/α-hetero) is 1. The van der Waals surface area contributed by atoms with Crippen LogP contribution in [0.25, 0.3) is 0 Å². The summed E-state index contributed by atoms with van der Waals surface area (Å²) >= 11 is 0. The number of aliphatic hydroxyl groups is 1. The number of unbranched alkanes of at least 4 members (excludes halogenated alkanes) is 1. The standard InChI is InChI=1S/C32H53N5O6/c1-6-8-12-23(25(39)28(41)33-22-13-14-22)34-27(40)24-19-21(7-2)20-37(24)29(42)26(31(3,4)5)35-30(43)36-32(17-18-38)15-10-9-11-16-32/h7,21-24,26,38H,2,6,8-20H2,1,3-5H3,(H,33,41)(H,34,40)(H2,35,36,43)/t21-,23-,24+,26-/m1/s1. The highest BCUT2D eigenvalue weighted by Gasteiger charge is 2.45. The normalized spacial score (nSPS) is 23.0. The topological polar surface area (TPSA) is 157 Å². The molecule has 1 aliphatic heterocycles. The third-order valence-corrected chi connectivity index (χ3v) is 9.04. The van der Waals surface area contributed by atoms with Gasteiger partial charge in [-0.15, -0.1) is 6.58 Å². The summed E-state index contributed by atoms with van der Waals surface area (Å²) in [5.74, 6) is -2.39. The quantitative estimate of drug-likeness (QED) is 0.152. The van der Waals surface area contributed by atoms with Crippen LogP contribution < -0.4 is 21.3 Å². The highest BCUT2D eigenvalue weighted by atomic mass is 16.3. The minimum absolute atomic E-state index is 0.0194. The van der Waals surface area contributed by atoms with Crippen molar-refractivity contribution in [1.82, 2.24) is 26.2 Å². The Morgan fingerprint density at radius 1 is 1.07 bits per heavy atom. The molecule has 242 valence electrons. The van der Waals surface area contributed by atoms with E-state index in [9.17, 15) is 29.1 Å². The summed E-state index contributed by atoms with van der Waals surface area (Å²) in [6.07, 6.45) is 10.5. The van der Waals surface area contributed by atoms with Gasteiger partial charge in [0.05, 0.1) is 6.04 Å². The first-order valence-corrected chi connectivity index (χ1v) is 16.1. The van der Waals surface area contributed by atoms with Gasteiger partial charge in [0.25, 0.3) is 5.91 Å². The van der Waals surface area contributed by atoms with Crippen molar-refractivity contribution in [1.29, 1.82) is 0 Å². The first-order chi connectivity index (χ1) is 20.3. The number of rotatable bonds is 14. The van der Waals surface area contributed by atoms with Crippen molar-refractivity contribution >= 4 is 29.5 Å². The van der Waals surface area contributed by atoms with Crippen molar-refractivity contribution in [2.75, 3.05) is 13.2 Å². The van der Waals surface area contributed by atoms with Gasteiger partial charge in [-0.3, -0.25) is 19.2 Å². The van der Waals surface area contributed by atoms with E-state index in [-0.39, 0.29) is 25.1 Å². The van der Waals surface area contributed by atoms with Gasteiger partial charge in [0.2, 0.25) is 17.6 Å². The molecule has 3 rings (SSSR count). The van der Waals surface area contributed by atoms with Crippen LogP contribution in [0.1, 0.15) is 105 Å². The number of urea groups is 1. The molecule has 2 aliphatic carbocycles. The van der Waals surface area contributed by atoms with Crippen LogP contribution in [0.5, 0.6) is 0 Å². The molecule has 11 heteroatoms. The molecule has 43 heavy (non-hydrogen) atoms. The number of nitrogens with zero attached hydrogens (tertiary/aromatic N) is 1. The monoisotopic (exact) mass is 603 g/mol. The van der Waals surface area contributed by atoms with Crippen LogP contribution in [0.15, 0.2) is 12.7 Å². The van der Waals surface area contributed by atoms with Crippen molar-refractivity contribution in [3.8, 4) is 0 Å². The Morgan fingerprint density at radius 2 is 1.74 bits per heavy atom. The molecule has 4 atom stereocenters. The van der Waals surface area contributed by atoms with E-state index in [1.54, 1.807) is 6.08 Å². The number of hydrogen-bond acceptors (Lipinski definition) is 6. The third-order valence-electron chi connectivity index (χ3n) is 9.04. The SMILES string of the molecule is C=C[C@@H]1C[C@@H](C(=O)N[C@H](CCCC)C(=O)C(=O)NC2CC2)N(C(=O)[C@@H](NC(=O)NC2(CCO)CCCCC2)C(C)(C)C)C1. The van der Waals surface area contributed by atoms with E-state index in [1.807, 2.05) is 27.7 Å². The molecule has 0 aromatic heterocycles. The number of likely N-dealkylation sites (tertiary alicyclic amines) is 1. The predicted molar refractivity (Wildman–Crippen MR) is 164 cm³/mol. The molecule has 2 saturated carbocycles. The minimum Gasteiger partial charge on any atom is -0.396 e. The minimum atomic E-state index is -0.980. The first kappa shape index (κ1) is 34.5. The molecule has 0 spiro atoms. The lowest BCUT2D eigenvalue weighted by molar-refractivity contribution is -0.144. The zero-order valence-electron chi connectivity index (χ0n) is 26.5. The van der Waals surface area contributed by atoms with E-state index in [0.29, 0.717) is 25.7 Å². The zero-order chi connectivity index (χ0) is 31.8.